The van der Waals surface area contributed by atoms with E-state index >= 15 is 0 Å². The summed E-state index contributed by atoms with van der Waals surface area (Å²) in [6.45, 7) is 2.10. The van der Waals surface area contributed by atoms with Crippen LogP contribution in [-0.2, 0) is 0 Å². The Morgan fingerprint density at radius 3 is 2.79 bits per heavy atom. The molecule has 0 saturated heterocycles. The Kier molecular flexibility index (Phi) is 5.28. The lowest BCUT2D eigenvalue weighted by atomic mass is 10.1. The fourth-order valence-corrected chi connectivity index (χ4v) is 3.17. The summed E-state index contributed by atoms with van der Waals surface area (Å²) in [5, 5.41) is 4.87. The second kappa shape index (κ2) is 6.75. The highest BCUT2D eigenvalue weighted by Crippen LogP contribution is 2.36. The number of hydrogen-bond donors (Lipinski definition) is 1. The lowest BCUT2D eigenvalue weighted by molar-refractivity contribution is 0.652. The number of hydrogen-bond acceptors (Lipinski definition) is 3. The van der Waals surface area contributed by atoms with Crippen LogP contribution in [0.4, 0.5) is 0 Å². The van der Waals surface area contributed by atoms with E-state index in [1.165, 1.54) is 5.56 Å². The minimum atomic E-state index is 0.290. The number of pyridine rings is 1. The lowest BCUT2D eigenvalue weighted by Gasteiger charge is -2.12. The van der Waals surface area contributed by atoms with Crippen molar-refractivity contribution in [2.45, 2.75) is 22.9 Å². The largest absolute Gasteiger partial charge is 0.313 e. The van der Waals surface area contributed by atoms with Crippen LogP contribution in [0.3, 0.4) is 0 Å². The Morgan fingerprint density at radius 1 is 1.37 bits per heavy atom. The van der Waals surface area contributed by atoms with Gasteiger partial charge in [0.05, 0.1) is 9.50 Å². The van der Waals surface area contributed by atoms with E-state index in [4.69, 9.17) is 11.6 Å². The van der Waals surface area contributed by atoms with Crippen LogP contribution in [0.5, 0.6) is 0 Å². The molecule has 2 rings (SSSR count). The minimum Gasteiger partial charge on any atom is -0.313 e. The van der Waals surface area contributed by atoms with Crippen LogP contribution >= 0.6 is 39.3 Å². The van der Waals surface area contributed by atoms with E-state index in [2.05, 4.69) is 39.2 Å². The summed E-state index contributed by atoms with van der Waals surface area (Å²) in [5.74, 6) is 0. The van der Waals surface area contributed by atoms with Crippen molar-refractivity contribution < 1.29 is 0 Å². The molecule has 1 aromatic carbocycles. The first-order valence-electron chi connectivity index (χ1n) is 5.87. The first-order chi connectivity index (χ1) is 9.11. The number of nitrogens with zero attached hydrogens (tertiary/aromatic N) is 1. The van der Waals surface area contributed by atoms with E-state index in [0.29, 0.717) is 0 Å². The Balaban J connectivity index is 2.25. The molecule has 0 amide bonds. The Hall–Kier alpha value is -0.550. The molecule has 0 aliphatic rings. The van der Waals surface area contributed by atoms with Gasteiger partial charge < -0.3 is 5.32 Å². The predicted octanol–water partition coefficient (Wildman–Crippen LogP) is 4.93. The molecule has 0 fully saturated rings. The van der Waals surface area contributed by atoms with E-state index < -0.39 is 0 Å². The topological polar surface area (TPSA) is 24.9 Å². The molecule has 2 nitrogen and oxygen atoms in total. The third kappa shape index (κ3) is 3.72. The monoisotopic (exact) mass is 356 g/mol. The summed E-state index contributed by atoms with van der Waals surface area (Å²) in [4.78, 5) is 5.34. The molecule has 100 valence electrons. The van der Waals surface area contributed by atoms with Gasteiger partial charge in [-0.3, -0.25) is 0 Å². The second-order valence-corrected chi connectivity index (χ2v) is 6.38. The quantitative estimate of drug-likeness (QED) is 0.840. The van der Waals surface area contributed by atoms with Gasteiger partial charge in [0, 0.05) is 17.1 Å². The molecule has 0 aliphatic heterocycles. The molecule has 0 spiro atoms. The minimum absolute atomic E-state index is 0.290. The third-order valence-corrected chi connectivity index (χ3v) is 5.24. The van der Waals surface area contributed by atoms with Crippen molar-refractivity contribution in [2.75, 3.05) is 7.05 Å². The van der Waals surface area contributed by atoms with Gasteiger partial charge in [0.2, 0.25) is 0 Å². The Labute approximate surface area is 131 Å². The molecule has 1 atom stereocenters. The molecule has 2 aromatic rings. The third-order valence-electron chi connectivity index (χ3n) is 2.82. The molecule has 1 unspecified atom stereocenters. The normalized spacial score (nSPS) is 12.4. The highest BCUT2D eigenvalue weighted by Gasteiger charge is 2.09. The van der Waals surface area contributed by atoms with Crippen molar-refractivity contribution in [3.8, 4) is 0 Å². The van der Waals surface area contributed by atoms with Gasteiger partial charge in [0.25, 0.3) is 0 Å². The highest BCUT2D eigenvalue weighted by molar-refractivity contribution is 9.10. The molecule has 0 saturated carbocycles. The van der Waals surface area contributed by atoms with Crippen LogP contribution in [0, 0.1) is 0 Å². The molecule has 19 heavy (non-hydrogen) atoms. The maximum atomic E-state index is 6.34. The molecule has 1 aromatic heterocycles. The van der Waals surface area contributed by atoms with Gasteiger partial charge in [0.1, 0.15) is 5.03 Å². The molecule has 0 aliphatic carbocycles. The van der Waals surface area contributed by atoms with Crippen LogP contribution in [0.2, 0.25) is 5.02 Å². The summed E-state index contributed by atoms with van der Waals surface area (Å²) in [5.41, 5.74) is 1.18. The fraction of sp³-hybridized carbons (Fsp3) is 0.214. The molecule has 1 N–H and O–H groups in total. The molecular formula is C14H14BrClN2S. The average molecular weight is 358 g/mol. The Bertz CT molecular complexity index is 577. The number of rotatable bonds is 4. The van der Waals surface area contributed by atoms with Crippen LogP contribution < -0.4 is 5.32 Å². The van der Waals surface area contributed by atoms with Crippen molar-refractivity contribution in [2.24, 2.45) is 0 Å². The Morgan fingerprint density at radius 2 is 2.16 bits per heavy atom. The maximum Gasteiger partial charge on any atom is 0.115 e. The summed E-state index contributed by atoms with van der Waals surface area (Å²) in [7, 11) is 1.94. The van der Waals surface area contributed by atoms with Crippen LogP contribution in [0.25, 0.3) is 0 Å². The number of benzene rings is 1. The van der Waals surface area contributed by atoms with E-state index in [0.717, 1.165) is 19.4 Å². The summed E-state index contributed by atoms with van der Waals surface area (Å²) in [6.07, 6.45) is 1.78. The zero-order valence-corrected chi connectivity index (χ0v) is 13.8. The van der Waals surface area contributed by atoms with Crippen LogP contribution in [-0.4, -0.2) is 12.0 Å². The fourth-order valence-electron chi connectivity index (χ4n) is 1.59. The zero-order chi connectivity index (χ0) is 13.8. The van der Waals surface area contributed by atoms with Gasteiger partial charge in [-0.25, -0.2) is 4.98 Å². The zero-order valence-electron chi connectivity index (χ0n) is 10.7. The van der Waals surface area contributed by atoms with Crippen molar-refractivity contribution in [3.05, 3.63) is 51.6 Å². The molecule has 5 heteroatoms. The lowest BCUT2D eigenvalue weighted by Crippen LogP contribution is -2.12. The van der Waals surface area contributed by atoms with Crippen molar-refractivity contribution in [1.82, 2.24) is 10.3 Å². The van der Waals surface area contributed by atoms with Crippen LogP contribution in [0.1, 0.15) is 18.5 Å². The standard InChI is InChI=1S/C14H14BrClN2S/c1-9(17-2)10-5-6-13(12(16)8-10)19-14-11(15)4-3-7-18-14/h3-9,17H,1-2H3. The van der Waals surface area contributed by atoms with Crippen molar-refractivity contribution in [1.29, 1.82) is 0 Å². The van der Waals surface area contributed by atoms with Crippen LogP contribution in [0.15, 0.2) is 50.9 Å². The van der Waals surface area contributed by atoms with Crippen molar-refractivity contribution >= 4 is 39.3 Å². The predicted molar refractivity (Wildman–Crippen MR) is 85.0 cm³/mol. The van der Waals surface area contributed by atoms with E-state index in [9.17, 15) is 0 Å². The van der Waals surface area contributed by atoms with Gasteiger partial charge in [0.15, 0.2) is 0 Å². The van der Waals surface area contributed by atoms with E-state index in [1.807, 2.05) is 31.3 Å². The SMILES string of the molecule is CNC(C)c1ccc(Sc2ncccc2Br)c(Cl)c1. The summed E-state index contributed by atoms with van der Waals surface area (Å²) in [6, 6.07) is 10.3. The van der Waals surface area contributed by atoms with Gasteiger partial charge in [-0.05, 0) is 59.7 Å². The molecule has 1 heterocycles. The molecular weight excluding hydrogens is 344 g/mol. The number of nitrogens with one attached hydrogen (secondary N) is 1. The summed E-state index contributed by atoms with van der Waals surface area (Å²) < 4.78 is 0.976. The highest BCUT2D eigenvalue weighted by atomic mass is 79.9. The van der Waals surface area contributed by atoms with E-state index in [1.54, 1.807) is 18.0 Å². The smallest absolute Gasteiger partial charge is 0.115 e. The molecule has 0 radical (unpaired) electrons. The van der Waals surface area contributed by atoms with Gasteiger partial charge in [-0.2, -0.15) is 0 Å². The van der Waals surface area contributed by atoms with E-state index in [-0.39, 0.29) is 6.04 Å². The van der Waals surface area contributed by atoms with Gasteiger partial charge >= 0.3 is 0 Å². The van der Waals surface area contributed by atoms with Gasteiger partial charge in [-0.15, -0.1) is 0 Å². The maximum absolute atomic E-state index is 6.34. The summed E-state index contributed by atoms with van der Waals surface area (Å²) >= 11 is 11.4. The second-order valence-electron chi connectivity index (χ2n) is 4.09. The first-order valence-corrected chi connectivity index (χ1v) is 7.85. The number of aromatic nitrogens is 1. The molecule has 0 bridgehead atoms. The number of halogens is 2. The van der Waals surface area contributed by atoms with Gasteiger partial charge in [-0.1, -0.05) is 29.4 Å². The van der Waals surface area contributed by atoms with Crippen molar-refractivity contribution in [3.63, 3.8) is 0 Å². The average Bonchev–Trinajstić information content (AvgIpc) is 2.42. The first kappa shape index (κ1) is 14.9.